The Bertz CT molecular complexity index is 545. The second kappa shape index (κ2) is 6.86. The van der Waals surface area contributed by atoms with Crippen molar-refractivity contribution >= 4 is 11.6 Å². The van der Waals surface area contributed by atoms with Gasteiger partial charge in [-0.3, -0.25) is 0 Å². The zero-order valence-electron chi connectivity index (χ0n) is 11.8. The number of hydrogen-bond acceptors (Lipinski definition) is 5. The highest BCUT2D eigenvalue weighted by Gasteiger charge is 2.06. The highest BCUT2D eigenvalue weighted by atomic mass is 16.5. The van der Waals surface area contributed by atoms with E-state index in [2.05, 4.69) is 22.2 Å². The number of nitrogens with one attached hydrogen (secondary N) is 1. The summed E-state index contributed by atoms with van der Waals surface area (Å²) in [6.07, 6.45) is 0. The van der Waals surface area contributed by atoms with Gasteiger partial charge in [0.2, 0.25) is 0 Å². The van der Waals surface area contributed by atoms with Gasteiger partial charge in [0.15, 0.2) is 5.82 Å². The SMILES string of the molecule is COCC(C)CNc1cc(N)nc(-c2ccccc2)n1. The van der Waals surface area contributed by atoms with E-state index in [0.29, 0.717) is 24.2 Å². The molecule has 0 saturated heterocycles. The van der Waals surface area contributed by atoms with E-state index < -0.39 is 0 Å². The maximum absolute atomic E-state index is 5.85. The van der Waals surface area contributed by atoms with Gasteiger partial charge < -0.3 is 15.8 Å². The number of hydrogen-bond donors (Lipinski definition) is 2. The van der Waals surface area contributed by atoms with Gasteiger partial charge in [0.25, 0.3) is 0 Å². The Morgan fingerprint density at radius 1 is 1.25 bits per heavy atom. The zero-order chi connectivity index (χ0) is 14.4. The van der Waals surface area contributed by atoms with Crippen LogP contribution in [0, 0.1) is 5.92 Å². The molecule has 2 aromatic rings. The molecule has 0 aliphatic rings. The summed E-state index contributed by atoms with van der Waals surface area (Å²) in [7, 11) is 1.70. The summed E-state index contributed by atoms with van der Waals surface area (Å²) in [5.41, 5.74) is 6.80. The molecule has 2 rings (SSSR count). The Morgan fingerprint density at radius 2 is 2.00 bits per heavy atom. The topological polar surface area (TPSA) is 73.1 Å². The van der Waals surface area contributed by atoms with Gasteiger partial charge in [-0.1, -0.05) is 37.3 Å². The number of aromatic nitrogens is 2. The van der Waals surface area contributed by atoms with Gasteiger partial charge in [-0.25, -0.2) is 9.97 Å². The third-order valence-corrected chi connectivity index (χ3v) is 2.86. The summed E-state index contributed by atoms with van der Waals surface area (Å²) in [6, 6.07) is 11.5. The third-order valence-electron chi connectivity index (χ3n) is 2.86. The van der Waals surface area contributed by atoms with E-state index in [1.54, 1.807) is 13.2 Å². The molecule has 1 unspecified atom stereocenters. The fourth-order valence-corrected chi connectivity index (χ4v) is 1.90. The van der Waals surface area contributed by atoms with Crippen LogP contribution in [-0.4, -0.2) is 30.2 Å². The Kier molecular flexibility index (Phi) is 4.90. The lowest BCUT2D eigenvalue weighted by atomic mass is 10.2. The van der Waals surface area contributed by atoms with E-state index in [1.165, 1.54) is 0 Å². The molecule has 1 atom stereocenters. The first-order chi connectivity index (χ1) is 9.69. The maximum atomic E-state index is 5.85. The van der Waals surface area contributed by atoms with Crippen LogP contribution in [0.25, 0.3) is 11.4 Å². The summed E-state index contributed by atoms with van der Waals surface area (Å²) >= 11 is 0. The monoisotopic (exact) mass is 272 g/mol. The lowest BCUT2D eigenvalue weighted by Gasteiger charge is -2.13. The van der Waals surface area contributed by atoms with Crippen molar-refractivity contribution in [3.63, 3.8) is 0 Å². The average Bonchev–Trinajstić information content (AvgIpc) is 2.46. The van der Waals surface area contributed by atoms with E-state index >= 15 is 0 Å². The second-order valence-corrected chi connectivity index (χ2v) is 4.81. The van der Waals surface area contributed by atoms with Crippen molar-refractivity contribution in [2.24, 2.45) is 5.92 Å². The van der Waals surface area contributed by atoms with Crippen molar-refractivity contribution in [1.29, 1.82) is 0 Å². The molecule has 1 aromatic heterocycles. The largest absolute Gasteiger partial charge is 0.384 e. The van der Waals surface area contributed by atoms with Crippen molar-refractivity contribution in [3.05, 3.63) is 36.4 Å². The number of methoxy groups -OCH3 is 1. The zero-order valence-corrected chi connectivity index (χ0v) is 11.8. The van der Waals surface area contributed by atoms with E-state index in [4.69, 9.17) is 10.5 Å². The van der Waals surface area contributed by atoms with Gasteiger partial charge in [-0.05, 0) is 5.92 Å². The number of ether oxygens (including phenoxy) is 1. The molecule has 5 heteroatoms. The summed E-state index contributed by atoms with van der Waals surface area (Å²) in [6.45, 7) is 3.59. The van der Waals surface area contributed by atoms with E-state index in [0.717, 1.165) is 17.9 Å². The van der Waals surface area contributed by atoms with Gasteiger partial charge in [0.05, 0.1) is 6.61 Å². The average molecular weight is 272 g/mol. The van der Waals surface area contributed by atoms with Crippen molar-refractivity contribution in [2.75, 3.05) is 31.3 Å². The second-order valence-electron chi connectivity index (χ2n) is 4.81. The molecule has 3 N–H and O–H groups in total. The lowest BCUT2D eigenvalue weighted by molar-refractivity contribution is 0.164. The minimum atomic E-state index is 0.399. The minimum absolute atomic E-state index is 0.399. The Morgan fingerprint density at radius 3 is 2.70 bits per heavy atom. The first kappa shape index (κ1) is 14.3. The standard InChI is InChI=1S/C15H20N4O/c1-11(10-20-2)9-17-14-8-13(16)18-15(19-14)12-6-4-3-5-7-12/h3-8,11H,9-10H2,1-2H3,(H3,16,17,18,19). The van der Waals surface area contributed by atoms with Crippen LogP contribution in [0.1, 0.15) is 6.92 Å². The Hall–Kier alpha value is -2.14. The predicted octanol–water partition coefficient (Wildman–Crippen LogP) is 2.42. The Labute approximate surface area is 119 Å². The van der Waals surface area contributed by atoms with Crippen LogP contribution in [0.4, 0.5) is 11.6 Å². The summed E-state index contributed by atoms with van der Waals surface area (Å²) in [4.78, 5) is 8.76. The van der Waals surface area contributed by atoms with Crippen molar-refractivity contribution < 1.29 is 4.74 Å². The predicted molar refractivity (Wildman–Crippen MR) is 81.4 cm³/mol. The van der Waals surface area contributed by atoms with Crippen molar-refractivity contribution in [1.82, 2.24) is 9.97 Å². The molecule has 0 saturated carbocycles. The van der Waals surface area contributed by atoms with E-state index in [9.17, 15) is 0 Å². The highest BCUT2D eigenvalue weighted by molar-refractivity contribution is 5.60. The third kappa shape index (κ3) is 3.93. The van der Waals surface area contributed by atoms with Crippen LogP contribution in [-0.2, 0) is 4.74 Å². The molecule has 0 aliphatic heterocycles. The number of benzene rings is 1. The van der Waals surface area contributed by atoms with Crippen LogP contribution in [0.5, 0.6) is 0 Å². The molecule has 106 valence electrons. The van der Waals surface area contributed by atoms with E-state index in [1.807, 2.05) is 30.3 Å². The molecular formula is C15H20N4O. The molecule has 20 heavy (non-hydrogen) atoms. The summed E-state index contributed by atoms with van der Waals surface area (Å²) in [5.74, 6) is 2.23. The first-order valence-electron chi connectivity index (χ1n) is 6.62. The molecule has 0 aliphatic carbocycles. The van der Waals surface area contributed by atoms with Crippen LogP contribution >= 0.6 is 0 Å². The lowest BCUT2D eigenvalue weighted by Crippen LogP contribution is -2.16. The van der Waals surface area contributed by atoms with Crippen molar-refractivity contribution in [2.45, 2.75) is 6.92 Å². The van der Waals surface area contributed by atoms with Crippen LogP contribution in [0.15, 0.2) is 36.4 Å². The van der Waals surface area contributed by atoms with Gasteiger partial charge >= 0.3 is 0 Å². The van der Waals surface area contributed by atoms with Gasteiger partial charge in [-0.2, -0.15) is 0 Å². The molecule has 0 fully saturated rings. The van der Waals surface area contributed by atoms with Crippen LogP contribution in [0.3, 0.4) is 0 Å². The number of nitrogens with zero attached hydrogens (tertiary/aromatic N) is 2. The quantitative estimate of drug-likeness (QED) is 0.845. The minimum Gasteiger partial charge on any atom is -0.384 e. The number of anilines is 2. The number of nitrogen functional groups attached to an aromatic ring is 1. The molecule has 5 nitrogen and oxygen atoms in total. The van der Waals surface area contributed by atoms with Gasteiger partial charge in [0.1, 0.15) is 11.6 Å². The summed E-state index contributed by atoms with van der Waals surface area (Å²) in [5, 5.41) is 3.27. The van der Waals surface area contributed by atoms with Crippen LogP contribution in [0.2, 0.25) is 0 Å². The molecule has 0 spiro atoms. The molecule has 0 amide bonds. The smallest absolute Gasteiger partial charge is 0.163 e. The van der Waals surface area contributed by atoms with Gasteiger partial charge in [0, 0.05) is 25.3 Å². The first-order valence-corrected chi connectivity index (χ1v) is 6.62. The highest BCUT2D eigenvalue weighted by Crippen LogP contribution is 2.18. The number of nitrogens with two attached hydrogens (primary N) is 1. The molecule has 1 aromatic carbocycles. The number of rotatable bonds is 6. The van der Waals surface area contributed by atoms with Crippen LogP contribution < -0.4 is 11.1 Å². The maximum Gasteiger partial charge on any atom is 0.163 e. The fourth-order valence-electron chi connectivity index (χ4n) is 1.90. The molecule has 0 radical (unpaired) electrons. The summed E-state index contributed by atoms with van der Waals surface area (Å²) < 4.78 is 5.11. The molecular weight excluding hydrogens is 252 g/mol. The Balaban J connectivity index is 2.13. The van der Waals surface area contributed by atoms with Gasteiger partial charge in [-0.15, -0.1) is 0 Å². The molecule has 0 bridgehead atoms. The van der Waals surface area contributed by atoms with Crippen molar-refractivity contribution in [3.8, 4) is 11.4 Å². The van der Waals surface area contributed by atoms with E-state index in [-0.39, 0.29) is 0 Å². The normalized spacial score (nSPS) is 12.1. The fraction of sp³-hybridized carbons (Fsp3) is 0.333. The molecule has 1 heterocycles.